The first kappa shape index (κ1) is 21.5. The zero-order valence-electron chi connectivity index (χ0n) is 18.0. The highest BCUT2D eigenvalue weighted by molar-refractivity contribution is 7.89. The lowest BCUT2D eigenvalue weighted by Crippen LogP contribution is -2.39. The molecule has 3 aromatic rings. The molecule has 1 atom stereocenters. The van der Waals surface area contributed by atoms with Crippen molar-refractivity contribution in [2.75, 3.05) is 6.54 Å². The first-order valence-corrected chi connectivity index (χ1v) is 11.9. The maximum absolute atomic E-state index is 13.5. The number of sulfonamides is 1. The Balaban J connectivity index is 1.55. The van der Waals surface area contributed by atoms with E-state index in [0.29, 0.717) is 35.3 Å². The van der Waals surface area contributed by atoms with Crippen LogP contribution in [0.4, 0.5) is 0 Å². The molecule has 31 heavy (non-hydrogen) atoms. The van der Waals surface area contributed by atoms with E-state index in [4.69, 9.17) is 9.26 Å². The van der Waals surface area contributed by atoms with Crippen molar-refractivity contribution in [3.05, 3.63) is 70.9 Å². The standard InChI is InChI=1S/C23H27N3O4S/c1-16-8-11-19(12-9-16)29-15-22-24-23(25-30-22)20-6-4-5-13-26(20)31(27,28)21-14-17(2)7-10-18(21)3/h7-12,14,20H,4-6,13,15H2,1-3H3. The van der Waals surface area contributed by atoms with Gasteiger partial charge in [0, 0.05) is 6.54 Å². The fourth-order valence-electron chi connectivity index (χ4n) is 3.80. The Labute approximate surface area is 183 Å². The average Bonchev–Trinajstić information content (AvgIpc) is 3.24. The molecule has 1 unspecified atom stereocenters. The monoisotopic (exact) mass is 441 g/mol. The van der Waals surface area contributed by atoms with E-state index in [-0.39, 0.29) is 6.61 Å². The Kier molecular flexibility index (Phi) is 6.11. The molecule has 2 heterocycles. The number of aromatic nitrogens is 2. The summed E-state index contributed by atoms with van der Waals surface area (Å²) in [5.74, 6) is 1.42. The lowest BCUT2D eigenvalue weighted by atomic mass is 10.0. The highest BCUT2D eigenvalue weighted by Gasteiger charge is 2.37. The molecule has 0 amide bonds. The molecule has 1 fully saturated rings. The van der Waals surface area contributed by atoms with Gasteiger partial charge in [-0.15, -0.1) is 0 Å². The maximum atomic E-state index is 13.5. The molecule has 1 aliphatic rings. The second kappa shape index (κ2) is 8.80. The van der Waals surface area contributed by atoms with Crippen LogP contribution < -0.4 is 4.74 Å². The van der Waals surface area contributed by atoms with Gasteiger partial charge in [0.2, 0.25) is 10.0 Å². The Morgan fingerprint density at radius 1 is 1.06 bits per heavy atom. The summed E-state index contributed by atoms with van der Waals surface area (Å²) < 4.78 is 39.6. The molecule has 7 nitrogen and oxygen atoms in total. The van der Waals surface area contributed by atoms with Crippen molar-refractivity contribution in [2.45, 2.75) is 57.6 Å². The van der Waals surface area contributed by atoms with E-state index in [9.17, 15) is 8.42 Å². The maximum Gasteiger partial charge on any atom is 0.264 e. The third-order valence-electron chi connectivity index (χ3n) is 5.55. The summed E-state index contributed by atoms with van der Waals surface area (Å²) in [5.41, 5.74) is 2.79. The van der Waals surface area contributed by atoms with Crippen LogP contribution in [-0.2, 0) is 16.6 Å². The van der Waals surface area contributed by atoms with E-state index >= 15 is 0 Å². The van der Waals surface area contributed by atoms with Crippen molar-refractivity contribution < 1.29 is 17.7 Å². The molecule has 0 saturated carbocycles. The molecule has 2 aromatic carbocycles. The van der Waals surface area contributed by atoms with Crippen molar-refractivity contribution in [3.63, 3.8) is 0 Å². The zero-order chi connectivity index (χ0) is 22.0. The highest BCUT2D eigenvalue weighted by atomic mass is 32.2. The molecular formula is C23H27N3O4S. The number of hydrogen-bond donors (Lipinski definition) is 0. The molecule has 1 aromatic heterocycles. The van der Waals surface area contributed by atoms with Gasteiger partial charge in [0.1, 0.15) is 5.75 Å². The normalized spacial score (nSPS) is 17.6. The van der Waals surface area contributed by atoms with Gasteiger partial charge < -0.3 is 9.26 Å². The first-order valence-electron chi connectivity index (χ1n) is 10.5. The molecule has 0 radical (unpaired) electrons. The second-order valence-electron chi connectivity index (χ2n) is 8.04. The van der Waals surface area contributed by atoms with Crippen LogP contribution in [0.25, 0.3) is 0 Å². The largest absolute Gasteiger partial charge is 0.484 e. The van der Waals surface area contributed by atoms with Gasteiger partial charge >= 0.3 is 0 Å². The fraction of sp³-hybridized carbons (Fsp3) is 0.391. The minimum absolute atomic E-state index is 0.131. The smallest absolute Gasteiger partial charge is 0.264 e. The summed E-state index contributed by atoms with van der Waals surface area (Å²) >= 11 is 0. The molecular weight excluding hydrogens is 414 g/mol. The van der Waals surface area contributed by atoms with Crippen LogP contribution in [0.5, 0.6) is 5.75 Å². The predicted octanol–water partition coefficient (Wildman–Crippen LogP) is 4.49. The third-order valence-corrected chi connectivity index (χ3v) is 7.60. The Morgan fingerprint density at radius 2 is 1.81 bits per heavy atom. The van der Waals surface area contributed by atoms with E-state index in [1.165, 1.54) is 4.31 Å². The Morgan fingerprint density at radius 3 is 2.58 bits per heavy atom. The quantitative estimate of drug-likeness (QED) is 0.560. The van der Waals surface area contributed by atoms with Gasteiger partial charge in [-0.25, -0.2) is 8.42 Å². The summed E-state index contributed by atoms with van der Waals surface area (Å²) in [6, 6.07) is 12.7. The van der Waals surface area contributed by atoms with Crippen molar-refractivity contribution in [2.24, 2.45) is 0 Å². The lowest BCUT2D eigenvalue weighted by molar-refractivity contribution is 0.231. The first-order chi connectivity index (χ1) is 14.8. The summed E-state index contributed by atoms with van der Waals surface area (Å²) in [6.45, 7) is 6.29. The number of piperidine rings is 1. The van der Waals surface area contributed by atoms with Crippen LogP contribution in [-0.4, -0.2) is 29.4 Å². The topological polar surface area (TPSA) is 85.5 Å². The van der Waals surface area contributed by atoms with Gasteiger partial charge in [-0.05, 0) is 62.9 Å². The Bertz CT molecular complexity index is 1160. The van der Waals surface area contributed by atoms with Gasteiger partial charge in [-0.3, -0.25) is 0 Å². The molecule has 1 saturated heterocycles. The fourth-order valence-corrected chi connectivity index (χ4v) is 5.77. The van der Waals surface area contributed by atoms with Gasteiger partial charge in [0.15, 0.2) is 12.4 Å². The molecule has 1 aliphatic heterocycles. The van der Waals surface area contributed by atoms with Crippen LogP contribution in [0.3, 0.4) is 0 Å². The van der Waals surface area contributed by atoms with E-state index in [1.54, 1.807) is 6.07 Å². The lowest BCUT2D eigenvalue weighted by Gasteiger charge is -2.33. The number of hydrogen-bond acceptors (Lipinski definition) is 6. The summed E-state index contributed by atoms with van der Waals surface area (Å²) in [6.07, 6.45) is 2.37. The number of aryl methyl sites for hydroxylation is 3. The number of ether oxygens (including phenoxy) is 1. The van der Waals surface area contributed by atoms with Crippen molar-refractivity contribution in [3.8, 4) is 5.75 Å². The minimum Gasteiger partial charge on any atom is -0.484 e. The van der Waals surface area contributed by atoms with Gasteiger partial charge in [-0.1, -0.05) is 41.4 Å². The van der Waals surface area contributed by atoms with Crippen LogP contribution in [0, 0.1) is 20.8 Å². The summed E-state index contributed by atoms with van der Waals surface area (Å²) in [5, 5.41) is 4.09. The number of nitrogens with zero attached hydrogens (tertiary/aromatic N) is 3. The highest BCUT2D eigenvalue weighted by Crippen LogP contribution is 2.35. The number of benzene rings is 2. The molecule has 0 N–H and O–H groups in total. The van der Waals surface area contributed by atoms with Crippen LogP contribution in [0.1, 0.15) is 53.7 Å². The predicted molar refractivity (Wildman–Crippen MR) is 116 cm³/mol. The van der Waals surface area contributed by atoms with Crippen molar-refractivity contribution in [1.29, 1.82) is 0 Å². The summed E-state index contributed by atoms with van der Waals surface area (Å²) in [4.78, 5) is 4.79. The van der Waals surface area contributed by atoms with Crippen molar-refractivity contribution >= 4 is 10.0 Å². The van der Waals surface area contributed by atoms with E-state index in [1.807, 2.05) is 57.2 Å². The SMILES string of the molecule is Cc1ccc(OCc2nc(C3CCCCN3S(=O)(=O)c3cc(C)ccc3C)no2)cc1. The number of rotatable bonds is 6. The van der Waals surface area contributed by atoms with Crippen LogP contribution >= 0.6 is 0 Å². The molecule has 4 rings (SSSR count). The molecule has 0 bridgehead atoms. The molecule has 0 spiro atoms. The van der Waals surface area contributed by atoms with Gasteiger partial charge in [-0.2, -0.15) is 9.29 Å². The Hall–Kier alpha value is -2.71. The molecule has 164 valence electrons. The second-order valence-corrected chi connectivity index (χ2v) is 9.90. The van der Waals surface area contributed by atoms with Crippen molar-refractivity contribution in [1.82, 2.24) is 14.4 Å². The average molecular weight is 442 g/mol. The molecule has 0 aliphatic carbocycles. The summed E-state index contributed by atoms with van der Waals surface area (Å²) in [7, 11) is -3.68. The van der Waals surface area contributed by atoms with Crippen LogP contribution in [0.2, 0.25) is 0 Å². The van der Waals surface area contributed by atoms with E-state index in [0.717, 1.165) is 29.5 Å². The molecule has 8 heteroatoms. The van der Waals surface area contributed by atoms with Gasteiger partial charge in [0.25, 0.3) is 5.89 Å². The van der Waals surface area contributed by atoms with E-state index < -0.39 is 16.1 Å². The zero-order valence-corrected chi connectivity index (χ0v) is 18.9. The van der Waals surface area contributed by atoms with Crippen LogP contribution in [0.15, 0.2) is 51.9 Å². The van der Waals surface area contributed by atoms with E-state index in [2.05, 4.69) is 10.1 Å². The van der Waals surface area contributed by atoms with Gasteiger partial charge in [0.05, 0.1) is 10.9 Å². The third kappa shape index (κ3) is 4.65. The minimum atomic E-state index is -3.68.